The molecule has 33 heavy (non-hydrogen) atoms. The van der Waals surface area contributed by atoms with E-state index in [2.05, 4.69) is 5.32 Å². The van der Waals surface area contributed by atoms with Gasteiger partial charge in [0.1, 0.15) is 5.75 Å². The molecule has 0 radical (unpaired) electrons. The number of ether oxygens (including phenoxy) is 1. The Kier molecular flexibility index (Phi) is 9.76. The van der Waals surface area contributed by atoms with Crippen molar-refractivity contribution < 1.29 is 17.9 Å². The van der Waals surface area contributed by atoms with Gasteiger partial charge in [-0.2, -0.15) is 16.1 Å². The summed E-state index contributed by atoms with van der Waals surface area (Å²) >= 11 is 13.6. The van der Waals surface area contributed by atoms with Gasteiger partial charge in [0.15, 0.2) is 0 Å². The zero-order chi connectivity index (χ0) is 23.8. The first-order chi connectivity index (χ1) is 15.8. The number of thioether (sulfide) groups is 1. The lowest BCUT2D eigenvalue weighted by atomic mass is 10.1. The Labute approximate surface area is 210 Å². The third kappa shape index (κ3) is 7.26. The number of carbonyl (C=O) groups is 1. The van der Waals surface area contributed by atoms with Crippen LogP contribution in [0.4, 0.5) is 0 Å². The molecule has 1 aliphatic rings. The number of sulfonamides is 1. The molecular formula is C23H28Cl2N2O4S2. The number of methoxy groups -OCH3 is 1. The molecule has 0 atom stereocenters. The van der Waals surface area contributed by atoms with Gasteiger partial charge in [-0.25, -0.2) is 8.42 Å². The van der Waals surface area contributed by atoms with E-state index in [1.54, 1.807) is 43.1 Å². The Morgan fingerprint density at radius 2 is 1.88 bits per heavy atom. The Morgan fingerprint density at radius 3 is 2.58 bits per heavy atom. The summed E-state index contributed by atoms with van der Waals surface area (Å²) < 4.78 is 32.6. The number of halogens is 2. The van der Waals surface area contributed by atoms with Crippen LogP contribution in [-0.4, -0.2) is 51.1 Å². The lowest BCUT2D eigenvalue weighted by Gasteiger charge is -2.17. The Balaban J connectivity index is 1.47. The van der Waals surface area contributed by atoms with Crippen molar-refractivity contribution >= 4 is 50.9 Å². The van der Waals surface area contributed by atoms with Crippen molar-refractivity contribution in [2.24, 2.45) is 0 Å². The van der Waals surface area contributed by atoms with Gasteiger partial charge in [-0.1, -0.05) is 29.3 Å². The highest BCUT2D eigenvalue weighted by atomic mass is 35.5. The summed E-state index contributed by atoms with van der Waals surface area (Å²) in [5.74, 6) is 2.04. The van der Waals surface area contributed by atoms with Gasteiger partial charge in [0.25, 0.3) is 0 Å². The van der Waals surface area contributed by atoms with Crippen LogP contribution >= 0.6 is 35.0 Å². The first-order valence-corrected chi connectivity index (χ1v) is 14.1. The summed E-state index contributed by atoms with van der Waals surface area (Å²) in [6, 6.07) is 10.4. The predicted octanol–water partition coefficient (Wildman–Crippen LogP) is 4.77. The maximum Gasteiger partial charge on any atom is 0.243 e. The molecule has 3 rings (SSSR count). The summed E-state index contributed by atoms with van der Waals surface area (Å²) in [5, 5.41) is 3.99. The topological polar surface area (TPSA) is 75.7 Å². The van der Waals surface area contributed by atoms with Gasteiger partial charge in [0, 0.05) is 37.6 Å². The lowest BCUT2D eigenvalue weighted by molar-refractivity contribution is -0.120. The van der Waals surface area contributed by atoms with E-state index < -0.39 is 10.0 Å². The van der Waals surface area contributed by atoms with E-state index in [-0.39, 0.29) is 17.2 Å². The summed E-state index contributed by atoms with van der Waals surface area (Å²) in [6.45, 7) is 1.65. The summed E-state index contributed by atoms with van der Waals surface area (Å²) in [6.07, 6.45) is 2.41. The van der Waals surface area contributed by atoms with E-state index in [1.165, 1.54) is 4.31 Å². The van der Waals surface area contributed by atoms with Crippen LogP contribution in [0.2, 0.25) is 10.0 Å². The van der Waals surface area contributed by atoms with Crippen LogP contribution in [0.1, 0.15) is 30.4 Å². The van der Waals surface area contributed by atoms with Crippen molar-refractivity contribution in [2.75, 3.05) is 32.5 Å². The maximum atomic E-state index is 12.9. The SMILES string of the molecule is COc1ccc(S(=O)(=O)N2CCCC2)cc1CCC(=O)NCCSCc1ccc(Cl)c(Cl)c1. The largest absolute Gasteiger partial charge is 0.496 e. The van der Waals surface area contributed by atoms with Crippen LogP contribution in [0, 0.1) is 0 Å². The molecule has 1 fully saturated rings. The van der Waals surface area contributed by atoms with Crippen LogP contribution < -0.4 is 10.1 Å². The van der Waals surface area contributed by atoms with E-state index >= 15 is 0 Å². The smallest absolute Gasteiger partial charge is 0.243 e. The molecule has 0 bridgehead atoms. The van der Waals surface area contributed by atoms with Crippen LogP contribution in [-0.2, 0) is 27.0 Å². The molecule has 0 aliphatic carbocycles. The van der Waals surface area contributed by atoms with Gasteiger partial charge in [-0.15, -0.1) is 0 Å². The molecule has 2 aromatic carbocycles. The molecule has 0 unspecified atom stereocenters. The van der Waals surface area contributed by atoms with Crippen molar-refractivity contribution in [3.8, 4) is 5.75 Å². The van der Waals surface area contributed by atoms with Crippen molar-refractivity contribution in [3.05, 3.63) is 57.6 Å². The van der Waals surface area contributed by atoms with Crippen LogP contribution in [0.25, 0.3) is 0 Å². The highest BCUT2D eigenvalue weighted by Gasteiger charge is 2.27. The molecule has 0 aromatic heterocycles. The molecule has 0 spiro atoms. The van der Waals surface area contributed by atoms with Crippen LogP contribution in [0.5, 0.6) is 5.75 Å². The van der Waals surface area contributed by atoms with Crippen molar-refractivity contribution in [3.63, 3.8) is 0 Å². The maximum absolute atomic E-state index is 12.9. The molecule has 1 amide bonds. The van der Waals surface area contributed by atoms with E-state index in [0.29, 0.717) is 47.4 Å². The van der Waals surface area contributed by atoms with Crippen LogP contribution in [0.3, 0.4) is 0 Å². The normalized spacial score (nSPS) is 14.4. The minimum atomic E-state index is -3.51. The zero-order valence-corrected chi connectivity index (χ0v) is 21.6. The second-order valence-electron chi connectivity index (χ2n) is 7.74. The number of nitrogens with one attached hydrogen (secondary N) is 1. The average molecular weight is 532 g/mol. The highest BCUT2D eigenvalue weighted by Crippen LogP contribution is 2.27. The fraction of sp³-hybridized carbons (Fsp3) is 0.435. The molecule has 10 heteroatoms. The molecule has 2 aromatic rings. The number of amides is 1. The van der Waals surface area contributed by atoms with Gasteiger partial charge in [-0.3, -0.25) is 4.79 Å². The Bertz CT molecular complexity index is 1070. The predicted molar refractivity (Wildman–Crippen MR) is 135 cm³/mol. The molecule has 1 aliphatic heterocycles. The molecule has 1 heterocycles. The Morgan fingerprint density at radius 1 is 1.12 bits per heavy atom. The second kappa shape index (κ2) is 12.3. The number of carbonyl (C=O) groups excluding carboxylic acids is 1. The number of benzene rings is 2. The van der Waals surface area contributed by atoms with Crippen molar-refractivity contribution in [1.29, 1.82) is 0 Å². The zero-order valence-electron chi connectivity index (χ0n) is 18.5. The quantitative estimate of drug-likeness (QED) is 0.423. The highest BCUT2D eigenvalue weighted by molar-refractivity contribution is 7.98. The van der Waals surface area contributed by atoms with Crippen molar-refractivity contribution in [2.45, 2.75) is 36.3 Å². The number of aryl methyl sites for hydroxylation is 1. The fourth-order valence-corrected chi connectivity index (χ4v) is 6.30. The van der Waals surface area contributed by atoms with Gasteiger partial charge in [0.05, 0.1) is 22.1 Å². The Hall–Kier alpha value is -1.45. The fourth-order valence-electron chi connectivity index (χ4n) is 3.61. The van der Waals surface area contributed by atoms with Crippen molar-refractivity contribution in [1.82, 2.24) is 9.62 Å². The lowest BCUT2D eigenvalue weighted by Crippen LogP contribution is -2.28. The monoisotopic (exact) mass is 530 g/mol. The molecular weight excluding hydrogens is 503 g/mol. The van der Waals surface area contributed by atoms with E-state index in [0.717, 1.165) is 29.9 Å². The van der Waals surface area contributed by atoms with Gasteiger partial charge < -0.3 is 10.1 Å². The molecule has 1 N–H and O–H groups in total. The summed E-state index contributed by atoms with van der Waals surface area (Å²) in [7, 11) is -1.97. The number of nitrogens with zero attached hydrogens (tertiary/aromatic N) is 1. The van der Waals surface area contributed by atoms with E-state index in [9.17, 15) is 13.2 Å². The minimum Gasteiger partial charge on any atom is -0.496 e. The van der Waals surface area contributed by atoms with Gasteiger partial charge >= 0.3 is 0 Å². The van der Waals surface area contributed by atoms with E-state index in [1.807, 2.05) is 12.1 Å². The molecule has 6 nitrogen and oxygen atoms in total. The average Bonchev–Trinajstić information content (AvgIpc) is 3.35. The standard InChI is InChI=1S/C23H28Cl2N2O4S2/c1-31-22-8-6-19(33(29,30)27-11-2-3-12-27)15-18(22)5-9-23(28)26-10-13-32-16-17-4-7-20(24)21(25)14-17/h4,6-8,14-15H,2-3,5,9-13,16H2,1H3,(H,26,28). The van der Waals surface area contributed by atoms with Crippen LogP contribution in [0.15, 0.2) is 41.3 Å². The molecule has 1 saturated heterocycles. The number of hydrogen-bond donors (Lipinski definition) is 1. The third-order valence-electron chi connectivity index (χ3n) is 5.40. The van der Waals surface area contributed by atoms with Gasteiger partial charge in [0.2, 0.25) is 15.9 Å². The first-order valence-electron chi connectivity index (χ1n) is 10.8. The third-order valence-corrected chi connectivity index (χ3v) is 9.06. The summed E-state index contributed by atoms with van der Waals surface area (Å²) in [4.78, 5) is 12.6. The minimum absolute atomic E-state index is 0.0833. The first kappa shape index (κ1) is 26.2. The number of hydrogen-bond acceptors (Lipinski definition) is 5. The number of rotatable bonds is 11. The molecule has 0 saturated carbocycles. The second-order valence-corrected chi connectivity index (χ2v) is 11.6. The van der Waals surface area contributed by atoms with Gasteiger partial charge in [-0.05, 0) is 60.7 Å². The molecule has 180 valence electrons. The summed E-state index contributed by atoms with van der Waals surface area (Å²) in [5.41, 5.74) is 1.79. The van der Waals surface area contributed by atoms with E-state index in [4.69, 9.17) is 27.9 Å².